The van der Waals surface area contributed by atoms with E-state index in [2.05, 4.69) is 145 Å². The van der Waals surface area contributed by atoms with E-state index in [-0.39, 0.29) is 0 Å². The van der Waals surface area contributed by atoms with E-state index < -0.39 is 0 Å². The Balaban J connectivity index is 1.51. The monoisotopic (exact) mass is 425 g/mol. The van der Waals surface area contributed by atoms with Gasteiger partial charge in [-0.3, -0.25) is 0 Å². The van der Waals surface area contributed by atoms with Crippen LogP contribution in [0, 0.1) is 6.92 Å². The van der Waals surface area contributed by atoms with E-state index in [9.17, 15) is 0 Å². The zero-order chi connectivity index (χ0) is 22.5. The number of anilines is 3. The van der Waals surface area contributed by atoms with Crippen LogP contribution in [0.15, 0.2) is 134 Å². The van der Waals surface area contributed by atoms with E-state index in [1.165, 1.54) is 27.8 Å². The summed E-state index contributed by atoms with van der Waals surface area (Å²) in [5, 5.41) is 0. The molecule has 1 aliphatic rings. The first-order valence-electron chi connectivity index (χ1n) is 11.4. The smallest absolute Gasteiger partial charge is 0.0462 e. The maximum absolute atomic E-state index is 2.32. The second-order valence-electron chi connectivity index (χ2n) is 8.34. The van der Waals surface area contributed by atoms with Crippen molar-refractivity contribution in [3.8, 4) is 11.1 Å². The molecule has 1 nitrogen and oxygen atoms in total. The van der Waals surface area contributed by atoms with E-state index in [0.29, 0.717) is 0 Å². The first-order chi connectivity index (χ1) is 16.3. The van der Waals surface area contributed by atoms with Gasteiger partial charge in [0.05, 0.1) is 0 Å². The quantitative estimate of drug-likeness (QED) is 0.308. The van der Waals surface area contributed by atoms with Crippen LogP contribution in [0.5, 0.6) is 0 Å². The van der Waals surface area contributed by atoms with E-state index in [0.717, 1.165) is 23.5 Å². The lowest BCUT2D eigenvalue weighted by Gasteiger charge is -2.26. The highest BCUT2D eigenvalue weighted by Crippen LogP contribution is 2.36. The fourth-order valence-electron chi connectivity index (χ4n) is 4.19. The Morgan fingerprint density at radius 1 is 0.515 bits per heavy atom. The lowest BCUT2D eigenvalue weighted by Crippen LogP contribution is -2.10. The number of hydrogen-bond donors (Lipinski definition) is 0. The van der Waals surface area contributed by atoms with E-state index in [1.807, 2.05) is 0 Å². The zero-order valence-electron chi connectivity index (χ0n) is 18.9. The number of benzene rings is 4. The normalized spacial score (nSPS) is 12.8. The van der Waals surface area contributed by atoms with Crippen molar-refractivity contribution in [2.45, 2.75) is 13.3 Å². The van der Waals surface area contributed by atoms with Gasteiger partial charge in [0.1, 0.15) is 0 Å². The van der Waals surface area contributed by atoms with Gasteiger partial charge < -0.3 is 4.90 Å². The van der Waals surface area contributed by atoms with Gasteiger partial charge in [-0.2, -0.15) is 0 Å². The highest BCUT2D eigenvalue weighted by molar-refractivity contribution is 5.80. The number of allylic oxidation sites excluding steroid dienone is 6. The average Bonchev–Trinajstić information content (AvgIpc) is 3.17. The Labute approximate surface area is 196 Å². The highest BCUT2D eigenvalue weighted by atomic mass is 15.1. The van der Waals surface area contributed by atoms with Crippen LogP contribution in [0.25, 0.3) is 16.7 Å². The Kier molecular flexibility index (Phi) is 6.04. The molecule has 0 unspecified atom stereocenters. The third kappa shape index (κ3) is 4.73. The molecule has 1 heteroatoms. The van der Waals surface area contributed by atoms with Gasteiger partial charge in [-0.15, -0.1) is 0 Å². The van der Waals surface area contributed by atoms with Crippen LogP contribution in [-0.2, 0) is 0 Å². The van der Waals surface area contributed by atoms with Crippen molar-refractivity contribution in [2.75, 3.05) is 4.90 Å². The standard InChI is InChI=1S/C32H27N/c1-25-13-19-30(20-14-25)33(32-23-17-29(18-24-32)27-11-7-4-8-12-27)31-21-15-28(16-22-31)26-9-5-2-3-6-10-26/h2-9,11-24H,10H2,1H3. The van der Waals surface area contributed by atoms with E-state index in [1.54, 1.807) is 0 Å². The maximum atomic E-state index is 2.32. The van der Waals surface area contributed by atoms with Crippen molar-refractivity contribution in [1.29, 1.82) is 0 Å². The first kappa shape index (κ1) is 20.8. The molecule has 0 N–H and O–H groups in total. The molecular formula is C32H27N. The summed E-state index contributed by atoms with van der Waals surface area (Å²) in [6.07, 6.45) is 11.7. The maximum Gasteiger partial charge on any atom is 0.0462 e. The molecule has 0 radical (unpaired) electrons. The van der Waals surface area contributed by atoms with Crippen molar-refractivity contribution in [3.63, 3.8) is 0 Å². The van der Waals surface area contributed by atoms with Gasteiger partial charge >= 0.3 is 0 Å². The van der Waals surface area contributed by atoms with Crippen LogP contribution in [-0.4, -0.2) is 0 Å². The van der Waals surface area contributed by atoms with Gasteiger partial charge in [0, 0.05) is 17.1 Å². The molecular weight excluding hydrogens is 398 g/mol. The van der Waals surface area contributed by atoms with Crippen molar-refractivity contribution in [2.24, 2.45) is 0 Å². The predicted molar refractivity (Wildman–Crippen MR) is 142 cm³/mol. The molecule has 0 saturated carbocycles. The zero-order valence-corrected chi connectivity index (χ0v) is 18.9. The van der Waals surface area contributed by atoms with Gasteiger partial charge in [-0.1, -0.05) is 103 Å². The summed E-state index contributed by atoms with van der Waals surface area (Å²) in [7, 11) is 0. The Hall–Kier alpha value is -4.10. The van der Waals surface area contributed by atoms with Gasteiger partial charge in [0.2, 0.25) is 0 Å². The molecule has 4 aromatic carbocycles. The molecule has 160 valence electrons. The molecule has 0 bridgehead atoms. The average molecular weight is 426 g/mol. The van der Waals surface area contributed by atoms with E-state index >= 15 is 0 Å². The third-order valence-corrected chi connectivity index (χ3v) is 6.01. The first-order valence-corrected chi connectivity index (χ1v) is 11.4. The molecule has 1 aliphatic carbocycles. The fraction of sp³-hybridized carbons (Fsp3) is 0.0625. The topological polar surface area (TPSA) is 3.24 Å². The van der Waals surface area contributed by atoms with Crippen LogP contribution in [0.3, 0.4) is 0 Å². The van der Waals surface area contributed by atoms with Crippen molar-refractivity contribution in [1.82, 2.24) is 0 Å². The third-order valence-electron chi connectivity index (χ3n) is 6.01. The Bertz CT molecular complexity index is 1290. The Morgan fingerprint density at radius 3 is 1.70 bits per heavy atom. The predicted octanol–water partition coefficient (Wildman–Crippen LogP) is 9.03. The van der Waals surface area contributed by atoms with Gasteiger partial charge in [0.25, 0.3) is 0 Å². The molecule has 0 spiro atoms. The molecule has 0 saturated heterocycles. The summed E-state index contributed by atoms with van der Waals surface area (Å²) in [5.41, 5.74) is 9.75. The SMILES string of the molecule is Cc1ccc(N(c2ccc(C3=CC=CC=CC3)cc2)c2ccc(-c3ccccc3)cc2)cc1. The van der Waals surface area contributed by atoms with Crippen LogP contribution < -0.4 is 4.90 Å². The lowest BCUT2D eigenvalue weighted by atomic mass is 10.0. The molecule has 0 atom stereocenters. The number of nitrogens with zero attached hydrogens (tertiary/aromatic N) is 1. The summed E-state index contributed by atoms with van der Waals surface area (Å²) in [5.74, 6) is 0. The van der Waals surface area contributed by atoms with Gasteiger partial charge in [-0.05, 0) is 72.0 Å². The van der Waals surface area contributed by atoms with Gasteiger partial charge in [0.15, 0.2) is 0 Å². The summed E-state index contributed by atoms with van der Waals surface area (Å²) in [6.45, 7) is 2.13. The summed E-state index contributed by atoms with van der Waals surface area (Å²) in [4.78, 5) is 2.32. The van der Waals surface area contributed by atoms with Crippen LogP contribution in [0.2, 0.25) is 0 Å². The molecule has 0 aromatic heterocycles. The molecule has 0 amide bonds. The number of aryl methyl sites for hydroxylation is 1. The van der Waals surface area contributed by atoms with Crippen LogP contribution >= 0.6 is 0 Å². The highest BCUT2D eigenvalue weighted by Gasteiger charge is 2.13. The van der Waals surface area contributed by atoms with E-state index in [4.69, 9.17) is 0 Å². The lowest BCUT2D eigenvalue weighted by molar-refractivity contribution is 1.27. The molecule has 0 aliphatic heterocycles. The number of hydrogen-bond acceptors (Lipinski definition) is 1. The summed E-state index contributed by atoms with van der Waals surface area (Å²) >= 11 is 0. The van der Waals surface area contributed by atoms with Crippen molar-refractivity contribution < 1.29 is 0 Å². The number of rotatable bonds is 5. The minimum atomic E-state index is 0.953. The summed E-state index contributed by atoms with van der Waals surface area (Å²) < 4.78 is 0. The molecule has 4 aromatic rings. The Morgan fingerprint density at radius 2 is 1.06 bits per heavy atom. The van der Waals surface area contributed by atoms with Gasteiger partial charge in [-0.25, -0.2) is 0 Å². The molecule has 5 rings (SSSR count). The molecule has 0 fully saturated rings. The molecule has 0 heterocycles. The molecule has 33 heavy (non-hydrogen) atoms. The van der Waals surface area contributed by atoms with Crippen molar-refractivity contribution >= 4 is 22.6 Å². The fourth-order valence-corrected chi connectivity index (χ4v) is 4.19. The minimum absolute atomic E-state index is 0.953. The van der Waals surface area contributed by atoms with Crippen LogP contribution in [0.4, 0.5) is 17.1 Å². The second-order valence-corrected chi connectivity index (χ2v) is 8.34. The van der Waals surface area contributed by atoms with Crippen molar-refractivity contribution in [3.05, 3.63) is 145 Å². The van der Waals surface area contributed by atoms with Crippen LogP contribution in [0.1, 0.15) is 17.5 Å². The summed E-state index contributed by atoms with van der Waals surface area (Å²) in [6, 6.07) is 37.0. The second kappa shape index (κ2) is 9.58. The largest absolute Gasteiger partial charge is 0.311 e. The minimum Gasteiger partial charge on any atom is -0.311 e.